The van der Waals surface area contributed by atoms with Gasteiger partial charge >= 0.3 is 0 Å². The lowest BCUT2D eigenvalue weighted by Gasteiger charge is -2.30. The van der Waals surface area contributed by atoms with Gasteiger partial charge in [0.25, 0.3) is 5.91 Å². The summed E-state index contributed by atoms with van der Waals surface area (Å²) in [7, 11) is 3.54. The molecule has 0 spiro atoms. The smallest absolute Gasteiger partial charge is 0.255 e. The summed E-state index contributed by atoms with van der Waals surface area (Å²) in [5, 5.41) is 6.81. The number of rotatable bonds is 10. The van der Waals surface area contributed by atoms with Crippen LogP contribution in [0, 0.1) is 5.41 Å². The highest BCUT2D eigenvalue weighted by Crippen LogP contribution is 2.40. The van der Waals surface area contributed by atoms with E-state index in [1.54, 1.807) is 20.2 Å². The van der Waals surface area contributed by atoms with E-state index in [2.05, 4.69) is 15.6 Å². The van der Waals surface area contributed by atoms with E-state index >= 15 is 0 Å². The molecule has 1 aliphatic rings. The van der Waals surface area contributed by atoms with Crippen molar-refractivity contribution in [3.8, 4) is 5.75 Å². The van der Waals surface area contributed by atoms with Crippen LogP contribution in [0.2, 0.25) is 0 Å². The molecule has 1 aromatic rings. The normalized spacial score (nSPS) is 15.6. The number of carbonyl (C=O) groups is 1. The molecule has 1 aromatic carbocycles. The highest BCUT2D eigenvalue weighted by atomic mass is 127. The molecule has 0 heterocycles. The lowest BCUT2D eigenvalue weighted by molar-refractivity contribution is -0.119. The largest absolute Gasteiger partial charge is 0.484 e. The molecule has 0 bridgehead atoms. The van der Waals surface area contributed by atoms with Crippen molar-refractivity contribution in [2.75, 3.05) is 33.9 Å². The van der Waals surface area contributed by atoms with Gasteiger partial charge in [-0.3, -0.25) is 9.79 Å². The fourth-order valence-electron chi connectivity index (χ4n) is 3.54. The van der Waals surface area contributed by atoms with E-state index in [4.69, 9.17) is 15.2 Å². The van der Waals surface area contributed by atoms with Gasteiger partial charge in [-0.2, -0.15) is 0 Å². The monoisotopic (exact) mass is 504 g/mol. The maximum absolute atomic E-state index is 10.8. The van der Waals surface area contributed by atoms with Crippen molar-refractivity contribution in [3.63, 3.8) is 0 Å². The third-order valence-corrected chi connectivity index (χ3v) is 5.09. The number of methoxy groups -OCH3 is 1. The van der Waals surface area contributed by atoms with E-state index in [-0.39, 0.29) is 30.6 Å². The average Bonchev–Trinajstić information content (AvgIpc) is 3.14. The number of ether oxygens (including phenoxy) is 2. The van der Waals surface area contributed by atoms with Gasteiger partial charge in [0.05, 0.1) is 0 Å². The van der Waals surface area contributed by atoms with Crippen molar-refractivity contribution >= 4 is 35.8 Å². The van der Waals surface area contributed by atoms with Crippen LogP contribution in [0.5, 0.6) is 5.75 Å². The number of primary amides is 1. The number of guanidine groups is 1. The molecule has 1 amide bonds. The molecule has 0 atom stereocenters. The molecular weight excluding hydrogens is 471 g/mol. The van der Waals surface area contributed by atoms with Crippen LogP contribution >= 0.6 is 24.0 Å². The maximum Gasteiger partial charge on any atom is 0.255 e. The molecule has 8 heteroatoms. The van der Waals surface area contributed by atoms with Gasteiger partial charge in [0.1, 0.15) is 5.75 Å². The summed E-state index contributed by atoms with van der Waals surface area (Å²) in [5.41, 5.74) is 6.45. The van der Waals surface area contributed by atoms with Gasteiger partial charge in [0.15, 0.2) is 12.6 Å². The minimum atomic E-state index is -0.488. The van der Waals surface area contributed by atoms with Crippen molar-refractivity contribution in [2.45, 2.75) is 38.6 Å². The molecule has 2 rings (SSSR count). The Kier molecular flexibility index (Phi) is 11.2. The van der Waals surface area contributed by atoms with E-state index in [9.17, 15) is 4.79 Å². The first kappa shape index (κ1) is 24.5. The number of nitrogens with two attached hydrogens (primary N) is 1. The summed E-state index contributed by atoms with van der Waals surface area (Å²) in [6, 6.07) is 7.58. The molecule has 28 heavy (non-hydrogen) atoms. The second-order valence-electron chi connectivity index (χ2n) is 7.13. The zero-order valence-electron chi connectivity index (χ0n) is 16.8. The van der Waals surface area contributed by atoms with E-state index in [1.807, 2.05) is 18.2 Å². The van der Waals surface area contributed by atoms with Crippen molar-refractivity contribution in [1.82, 2.24) is 10.6 Å². The molecular formula is C20H33IN4O3. The molecule has 4 N–H and O–H groups in total. The second-order valence-corrected chi connectivity index (χ2v) is 7.13. The Morgan fingerprint density at radius 1 is 1.29 bits per heavy atom. The number of nitrogens with zero attached hydrogens (tertiary/aromatic N) is 1. The number of carbonyl (C=O) groups excluding carboxylic acids is 1. The highest BCUT2D eigenvalue weighted by Gasteiger charge is 2.33. The zero-order chi connectivity index (χ0) is 19.5. The molecule has 1 saturated carbocycles. The Hall–Kier alpha value is -1.55. The fraction of sp³-hybridized carbons (Fsp3) is 0.600. The van der Waals surface area contributed by atoms with Crippen LogP contribution in [0.25, 0.3) is 0 Å². The van der Waals surface area contributed by atoms with Crippen LogP contribution < -0.4 is 21.1 Å². The first-order valence-electron chi connectivity index (χ1n) is 9.50. The van der Waals surface area contributed by atoms with E-state index < -0.39 is 5.91 Å². The summed E-state index contributed by atoms with van der Waals surface area (Å²) in [6.45, 7) is 2.19. The summed E-state index contributed by atoms with van der Waals surface area (Å²) in [6.07, 6.45) is 6.12. The van der Waals surface area contributed by atoms with Crippen molar-refractivity contribution < 1.29 is 14.3 Å². The summed E-state index contributed by atoms with van der Waals surface area (Å²) in [5.74, 6) is 0.917. The van der Waals surface area contributed by atoms with Crippen molar-refractivity contribution in [3.05, 3.63) is 29.8 Å². The molecule has 158 valence electrons. The first-order chi connectivity index (χ1) is 13.1. The predicted molar refractivity (Wildman–Crippen MR) is 122 cm³/mol. The number of halogens is 1. The molecule has 1 fully saturated rings. The Balaban J connectivity index is 0.00000392. The predicted octanol–water partition coefficient (Wildman–Crippen LogP) is 2.43. The minimum Gasteiger partial charge on any atom is -0.484 e. The zero-order valence-corrected chi connectivity index (χ0v) is 19.2. The standard InChI is InChI=1S/C20H32N4O3.HI/c1-22-19(24-15-20(10-11-26-2)8-3-4-9-20)23-13-16-6-5-7-17(12-16)27-14-18(21)25;/h5-7,12H,3-4,8-11,13-15H2,1-2H3,(H2,21,25)(H2,22,23,24);1H. The third kappa shape index (κ3) is 8.22. The van der Waals surface area contributed by atoms with E-state index in [0.29, 0.717) is 17.7 Å². The number of hydrogen-bond donors (Lipinski definition) is 3. The number of aliphatic imine (C=N–C) groups is 1. The summed E-state index contributed by atoms with van der Waals surface area (Å²) in [4.78, 5) is 15.2. The molecule has 0 radical (unpaired) electrons. The molecule has 0 unspecified atom stereocenters. The molecule has 0 aromatic heterocycles. The van der Waals surface area contributed by atoms with Crippen LogP contribution in [0.3, 0.4) is 0 Å². The Morgan fingerprint density at radius 3 is 2.68 bits per heavy atom. The van der Waals surface area contributed by atoms with Crippen LogP contribution in [0.4, 0.5) is 0 Å². The van der Waals surface area contributed by atoms with Gasteiger partial charge in [-0.25, -0.2) is 0 Å². The topological polar surface area (TPSA) is 98.0 Å². The van der Waals surface area contributed by atoms with Crippen LogP contribution in [0.1, 0.15) is 37.7 Å². The number of hydrogen-bond acceptors (Lipinski definition) is 4. The summed E-state index contributed by atoms with van der Waals surface area (Å²) >= 11 is 0. The van der Waals surface area contributed by atoms with Crippen LogP contribution in [0.15, 0.2) is 29.3 Å². The van der Waals surface area contributed by atoms with Crippen molar-refractivity contribution in [1.29, 1.82) is 0 Å². The Morgan fingerprint density at radius 2 is 2.04 bits per heavy atom. The van der Waals surface area contributed by atoms with E-state index in [1.165, 1.54) is 25.7 Å². The van der Waals surface area contributed by atoms with Gasteiger partial charge in [0.2, 0.25) is 0 Å². The van der Waals surface area contributed by atoms with Gasteiger partial charge in [-0.1, -0.05) is 25.0 Å². The van der Waals surface area contributed by atoms with Gasteiger partial charge in [0, 0.05) is 33.9 Å². The van der Waals surface area contributed by atoms with Crippen LogP contribution in [-0.2, 0) is 16.1 Å². The molecule has 0 saturated heterocycles. The number of amides is 1. The minimum absolute atomic E-state index is 0. The number of benzene rings is 1. The van der Waals surface area contributed by atoms with E-state index in [0.717, 1.165) is 31.1 Å². The fourth-order valence-corrected chi connectivity index (χ4v) is 3.54. The lowest BCUT2D eigenvalue weighted by Crippen LogP contribution is -2.43. The maximum atomic E-state index is 10.8. The van der Waals surface area contributed by atoms with Gasteiger partial charge in [-0.05, 0) is 42.4 Å². The van der Waals surface area contributed by atoms with Gasteiger partial charge < -0.3 is 25.8 Å². The quantitative estimate of drug-likeness (QED) is 0.258. The second kappa shape index (κ2) is 12.8. The highest BCUT2D eigenvalue weighted by molar-refractivity contribution is 14.0. The first-order valence-corrected chi connectivity index (χ1v) is 9.50. The molecule has 0 aliphatic heterocycles. The van der Waals surface area contributed by atoms with Gasteiger partial charge in [-0.15, -0.1) is 24.0 Å². The molecule has 7 nitrogen and oxygen atoms in total. The summed E-state index contributed by atoms with van der Waals surface area (Å²) < 4.78 is 10.6. The third-order valence-electron chi connectivity index (χ3n) is 5.09. The molecule has 1 aliphatic carbocycles. The number of nitrogens with one attached hydrogen (secondary N) is 2. The van der Waals surface area contributed by atoms with Crippen molar-refractivity contribution in [2.24, 2.45) is 16.1 Å². The Labute approximate surface area is 184 Å². The Bertz CT molecular complexity index is 634. The average molecular weight is 504 g/mol. The SMILES string of the molecule is CN=C(NCc1cccc(OCC(N)=O)c1)NCC1(CCOC)CCCC1.I. The lowest BCUT2D eigenvalue weighted by atomic mass is 9.83. The van der Waals surface area contributed by atoms with Crippen LogP contribution in [-0.4, -0.2) is 45.8 Å².